The van der Waals surface area contributed by atoms with Crippen LogP contribution in [0.15, 0.2) is 29.2 Å². The Labute approximate surface area is 184 Å². The van der Waals surface area contributed by atoms with Crippen LogP contribution in [0.4, 0.5) is 0 Å². The molecule has 1 aromatic carbocycles. The molecular formula is C25H40N2O2S. The van der Waals surface area contributed by atoms with Gasteiger partial charge in [-0.1, -0.05) is 33.8 Å². The van der Waals surface area contributed by atoms with E-state index >= 15 is 0 Å². The number of ketones is 1. The van der Waals surface area contributed by atoms with Gasteiger partial charge in [0.15, 0.2) is 5.78 Å². The summed E-state index contributed by atoms with van der Waals surface area (Å²) in [5, 5.41) is 3.56. The third kappa shape index (κ3) is 5.00. The number of allylic oxidation sites excluding steroid dienone is 1. The topological polar surface area (TPSA) is 58.2 Å². The van der Waals surface area contributed by atoms with Gasteiger partial charge in [-0.05, 0) is 82.5 Å². The zero-order chi connectivity index (χ0) is 22.7. The van der Waals surface area contributed by atoms with E-state index in [0.29, 0.717) is 10.8 Å². The van der Waals surface area contributed by atoms with E-state index in [1.165, 1.54) is 5.56 Å². The summed E-state index contributed by atoms with van der Waals surface area (Å²) in [4.78, 5) is 14.0. The van der Waals surface area contributed by atoms with E-state index in [0.717, 1.165) is 43.4 Å². The summed E-state index contributed by atoms with van der Waals surface area (Å²) >= 11 is 0. The smallest absolute Gasteiger partial charge is 0.163 e. The molecular weight excluding hydrogens is 392 g/mol. The van der Waals surface area contributed by atoms with Gasteiger partial charge in [0.1, 0.15) is 0 Å². The van der Waals surface area contributed by atoms with Gasteiger partial charge in [0.05, 0.1) is 9.71 Å². The van der Waals surface area contributed by atoms with Crippen molar-refractivity contribution in [3.63, 3.8) is 0 Å². The van der Waals surface area contributed by atoms with Crippen molar-refractivity contribution in [2.24, 2.45) is 11.3 Å². The Bertz CT molecular complexity index is 915. The van der Waals surface area contributed by atoms with Crippen LogP contribution in [-0.2, 0) is 20.9 Å². The van der Waals surface area contributed by atoms with Crippen molar-refractivity contribution >= 4 is 27.1 Å². The first-order chi connectivity index (χ1) is 14.0. The third-order valence-electron chi connectivity index (χ3n) is 6.52. The molecule has 30 heavy (non-hydrogen) atoms. The molecule has 0 radical (unpaired) electrons. The van der Waals surface area contributed by atoms with Crippen LogP contribution in [0.2, 0.25) is 0 Å². The standard InChI is InChI=1S/C23H34N2O2S.C2H6/c1-7-23(11-10-16(2)14-23)21(26)13-20-19-12-18(28(6,27)24-5)9-8-17(19)15-22(3,4)25-20;1-2/h8-9,12-13,16,25H,6-7,10-11,14-15H2,1-5H3,(H,24,27);1-2H3/b20-13-;. The van der Waals surface area contributed by atoms with Crippen molar-refractivity contribution in [2.75, 3.05) is 7.05 Å². The van der Waals surface area contributed by atoms with Gasteiger partial charge in [-0.15, -0.1) is 0 Å². The summed E-state index contributed by atoms with van der Waals surface area (Å²) in [7, 11) is -0.886. The van der Waals surface area contributed by atoms with E-state index in [1.807, 2.05) is 38.1 Å². The van der Waals surface area contributed by atoms with E-state index < -0.39 is 9.71 Å². The number of hydrogen-bond acceptors (Lipinski definition) is 3. The highest BCUT2D eigenvalue weighted by Gasteiger charge is 2.41. The van der Waals surface area contributed by atoms with Gasteiger partial charge in [-0.25, -0.2) is 8.93 Å². The summed E-state index contributed by atoms with van der Waals surface area (Å²) in [6.07, 6.45) is 6.60. The number of hydrogen-bond donors (Lipinski definition) is 2. The number of benzene rings is 1. The first-order valence-electron chi connectivity index (χ1n) is 11.3. The number of rotatable bonds is 5. The summed E-state index contributed by atoms with van der Waals surface area (Å²) in [5.74, 6) is 4.65. The van der Waals surface area contributed by atoms with Crippen molar-refractivity contribution < 1.29 is 9.00 Å². The van der Waals surface area contributed by atoms with E-state index in [4.69, 9.17) is 0 Å². The van der Waals surface area contributed by atoms with E-state index in [9.17, 15) is 9.00 Å². The lowest BCUT2D eigenvalue weighted by Crippen LogP contribution is -2.44. The molecule has 0 saturated heterocycles. The Kier molecular flexibility index (Phi) is 7.63. The molecule has 2 aliphatic rings. The molecule has 1 aliphatic heterocycles. The van der Waals surface area contributed by atoms with Gasteiger partial charge in [-0.2, -0.15) is 0 Å². The summed E-state index contributed by atoms with van der Waals surface area (Å²) in [5.41, 5.74) is 2.60. The lowest BCUT2D eigenvalue weighted by molar-refractivity contribution is -0.123. The van der Waals surface area contributed by atoms with Gasteiger partial charge < -0.3 is 5.32 Å². The molecule has 3 unspecified atom stereocenters. The number of fused-ring (bicyclic) bond motifs is 1. The maximum Gasteiger partial charge on any atom is 0.163 e. The summed E-state index contributed by atoms with van der Waals surface area (Å²) in [6.45, 7) is 12.7. The molecule has 0 amide bonds. The van der Waals surface area contributed by atoms with E-state index in [2.05, 4.69) is 43.6 Å². The fourth-order valence-electron chi connectivity index (χ4n) is 4.75. The molecule has 5 heteroatoms. The highest BCUT2D eigenvalue weighted by Crippen LogP contribution is 2.45. The Morgan fingerprint density at radius 1 is 1.37 bits per heavy atom. The highest BCUT2D eigenvalue weighted by atomic mass is 32.2. The van der Waals surface area contributed by atoms with Crippen LogP contribution < -0.4 is 10.0 Å². The zero-order valence-electron chi connectivity index (χ0n) is 19.9. The van der Waals surface area contributed by atoms with E-state index in [-0.39, 0.29) is 16.7 Å². The van der Waals surface area contributed by atoms with Crippen LogP contribution >= 0.6 is 0 Å². The van der Waals surface area contributed by atoms with Crippen molar-refractivity contribution in [1.29, 1.82) is 0 Å². The SMILES string of the molecule is C=S(=O)(NC)c1ccc2c(c1)/C(=C/C(=O)C1(CC)CCC(C)C1)NC(C)(C)C2.CC. The molecule has 4 nitrogen and oxygen atoms in total. The van der Waals surface area contributed by atoms with Crippen LogP contribution in [-0.4, -0.2) is 28.4 Å². The summed E-state index contributed by atoms with van der Waals surface area (Å²) in [6, 6.07) is 5.84. The molecule has 1 aliphatic carbocycles. The average molecular weight is 433 g/mol. The number of carbonyl (C=O) groups excluding carboxylic acids is 1. The molecule has 0 aromatic heterocycles. The maximum absolute atomic E-state index is 13.4. The molecule has 1 aromatic rings. The summed E-state index contributed by atoms with van der Waals surface area (Å²) < 4.78 is 15.5. The molecule has 2 N–H and O–H groups in total. The minimum atomic E-state index is -2.54. The van der Waals surface area contributed by atoms with Crippen LogP contribution in [0.5, 0.6) is 0 Å². The third-order valence-corrected chi connectivity index (χ3v) is 8.19. The van der Waals surface area contributed by atoms with Gasteiger partial charge in [0, 0.05) is 33.2 Å². The van der Waals surface area contributed by atoms with Crippen LogP contribution in [0.25, 0.3) is 5.70 Å². The predicted octanol–water partition coefficient (Wildman–Crippen LogP) is 4.97. The molecule has 1 saturated carbocycles. The first kappa shape index (κ1) is 24.7. The molecule has 1 fully saturated rings. The predicted molar refractivity (Wildman–Crippen MR) is 130 cm³/mol. The van der Waals surface area contributed by atoms with Crippen molar-refractivity contribution in [3.05, 3.63) is 35.4 Å². The molecule has 0 spiro atoms. The Hall–Kier alpha value is -1.59. The van der Waals surface area contributed by atoms with Crippen LogP contribution in [0.3, 0.4) is 0 Å². The second-order valence-corrected chi connectivity index (χ2v) is 11.5. The van der Waals surface area contributed by atoms with Gasteiger partial charge >= 0.3 is 0 Å². The lowest BCUT2D eigenvalue weighted by Gasteiger charge is -2.36. The molecule has 3 atom stereocenters. The van der Waals surface area contributed by atoms with Crippen LogP contribution in [0, 0.1) is 11.3 Å². The van der Waals surface area contributed by atoms with Gasteiger partial charge in [-0.3, -0.25) is 4.79 Å². The fourth-order valence-corrected chi connectivity index (χ4v) is 5.58. The number of carbonyl (C=O) groups is 1. The molecule has 1 heterocycles. The normalized spacial score (nSPS) is 28.0. The molecule has 3 rings (SSSR count). The van der Waals surface area contributed by atoms with Crippen molar-refractivity contribution in [3.8, 4) is 0 Å². The largest absolute Gasteiger partial charge is 0.379 e. The van der Waals surface area contributed by atoms with Crippen molar-refractivity contribution in [2.45, 2.75) is 84.1 Å². The average Bonchev–Trinajstić information content (AvgIpc) is 3.10. The van der Waals surface area contributed by atoms with Gasteiger partial charge in [0.2, 0.25) is 0 Å². The minimum absolute atomic E-state index is 0.141. The number of nitrogens with one attached hydrogen (secondary N) is 2. The second kappa shape index (κ2) is 9.27. The molecule has 0 bridgehead atoms. The van der Waals surface area contributed by atoms with Crippen LogP contribution in [0.1, 0.15) is 78.4 Å². The van der Waals surface area contributed by atoms with Crippen molar-refractivity contribution in [1.82, 2.24) is 10.0 Å². The van der Waals surface area contributed by atoms with Gasteiger partial charge in [0.25, 0.3) is 0 Å². The minimum Gasteiger partial charge on any atom is -0.379 e. The highest BCUT2D eigenvalue weighted by molar-refractivity contribution is 7.98. The quantitative estimate of drug-likeness (QED) is 0.510. The zero-order valence-corrected chi connectivity index (χ0v) is 20.7. The lowest BCUT2D eigenvalue weighted by atomic mass is 9.77. The second-order valence-electron chi connectivity index (χ2n) is 9.29. The fraction of sp³-hybridized carbons (Fsp3) is 0.600. The Morgan fingerprint density at radius 3 is 2.57 bits per heavy atom. The van der Waals surface area contributed by atoms with E-state index in [1.54, 1.807) is 7.05 Å². The maximum atomic E-state index is 13.4. The Balaban J connectivity index is 0.00000155. The first-order valence-corrected chi connectivity index (χ1v) is 13.0. The Morgan fingerprint density at radius 2 is 2.03 bits per heavy atom. The monoisotopic (exact) mass is 432 g/mol. The molecule has 168 valence electrons.